The molecule has 1 saturated heterocycles. The van der Waals surface area contributed by atoms with Crippen LogP contribution < -0.4 is 4.74 Å². The first kappa shape index (κ1) is 10.6. The summed E-state index contributed by atoms with van der Waals surface area (Å²) in [4.78, 5) is 13.8. The molecule has 1 aromatic carbocycles. The van der Waals surface area contributed by atoms with Crippen molar-refractivity contribution >= 4 is 5.91 Å². The number of fused-ring (bicyclic) bond motifs is 1. The second kappa shape index (κ2) is 4.06. The van der Waals surface area contributed by atoms with E-state index in [9.17, 15) is 4.79 Å². The molecule has 0 spiro atoms. The summed E-state index contributed by atoms with van der Waals surface area (Å²) >= 11 is 0. The van der Waals surface area contributed by atoms with Gasteiger partial charge in [0.2, 0.25) is 0 Å². The molecule has 1 saturated carbocycles. The highest BCUT2D eigenvalue weighted by atomic mass is 16.5. The van der Waals surface area contributed by atoms with Gasteiger partial charge in [-0.2, -0.15) is 0 Å². The summed E-state index contributed by atoms with van der Waals surface area (Å²) in [6.45, 7) is 4.09. The lowest BCUT2D eigenvalue weighted by molar-refractivity contribution is -0.132. The Hall–Kier alpha value is -1.51. The number of hydrogen-bond acceptors (Lipinski definition) is 2. The Morgan fingerprint density at radius 1 is 1.29 bits per heavy atom. The van der Waals surface area contributed by atoms with Crippen molar-refractivity contribution in [2.24, 2.45) is 11.8 Å². The molecule has 1 amide bonds. The van der Waals surface area contributed by atoms with Crippen LogP contribution in [0.3, 0.4) is 0 Å². The highest BCUT2D eigenvalue weighted by Gasteiger charge is 2.46. The maximum atomic E-state index is 11.9. The molecule has 2 atom stereocenters. The molecular formula is C14H17NO2. The summed E-state index contributed by atoms with van der Waals surface area (Å²) in [6, 6.07) is 7.80. The Bertz CT molecular complexity index is 416. The number of ether oxygens (including phenoxy) is 1. The van der Waals surface area contributed by atoms with E-state index >= 15 is 0 Å². The van der Waals surface area contributed by atoms with Gasteiger partial charge in [0.05, 0.1) is 0 Å². The van der Waals surface area contributed by atoms with Crippen LogP contribution >= 0.6 is 0 Å². The van der Waals surface area contributed by atoms with Gasteiger partial charge in [-0.3, -0.25) is 4.79 Å². The molecule has 2 unspecified atom stereocenters. The maximum Gasteiger partial charge on any atom is 0.260 e. The number of carbonyl (C=O) groups is 1. The van der Waals surface area contributed by atoms with E-state index in [0.29, 0.717) is 0 Å². The Balaban J connectivity index is 1.50. The van der Waals surface area contributed by atoms with Crippen molar-refractivity contribution in [2.75, 3.05) is 19.7 Å². The maximum absolute atomic E-state index is 11.9. The largest absolute Gasteiger partial charge is 0.484 e. The molecule has 0 bridgehead atoms. The lowest BCUT2D eigenvalue weighted by atomic mass is 10.2. The molecule has 3 nitrogen and oxygen atoms in total. The molecule has 2 aliphatic rings. The summed E-state index contributed by atoms with van der Waals surface area (Å²) in [5.74, 6) is 2.47. The predicted octanol–water partition coefficient (Wildman–Crippen LogP) is 1.85. The van der Waals surface area contributed by atoms with Crippen molar-refractivity contribution in [3.63, 3.8) is 0 Å². The van der Waals surface area contributed by atoms with Gasteiger partial charge in [-0.15, -0.1) is 0 Å². The van der Waals surface area contributed by atoms with Gasteiger partial charge in [-0.05, 0) is 37.3 Å². The normalized spacial score (nSPS) is 25.6. The molecule has 0 aromatic heterocycles. The van der Waals surface area contributed by atoms with Crippen LogP contribution in [-0.2, 0) is 4.79 Å². The fraction of sp³-hybridized carbons (Fsp3) is 0.500. The Morgan fingerprint density at radius 3 is 2.59 bits per heavy atom. The van der Waals surface area contributed by atoms with E-state index in [-0.39, 0.29) is 12.5 Å². The summed E-state index contributed by atoms with van der Waals surface area (Å²) in [7, 11) is 0. The molecule has 1 heterocycles. The molecule has 1 aromatic rings. The SMILES string of the molecule is Cc1ccc(OCC(=O)N2CC3CC3C2)cc1. The van der Waals surface area contributed by atoms with Crippen LogP contribution in [0, 0.1) is 18.8 Å². The lowest BCUT2D eigenvalue weighted by Gasteiger charge is -2.18. The topological polar surface area (TPSA) is 29.5 Å². The first-order valence-electron chi connectivity index (χ1n) is 6.19. The van der Waals surface area contributed by atoms with Gasteiger partial charge >= 0.3 is 0 Å². The average molecular weight is 231 g/mol. The summed E-state index contributed by atoms with van der Waals surface area (Å²) in [5, 5.41) is 0. The quantitative estimate of drug-likeness (QED) is 0.794. The second-order valence-corrected chi connectivity index (χ2v) is 5.16. The van der Waals surface area contributed by atoms with Crippen molar-refractivity contribution in [3.05, 3.63) is 29.8 Å². The number of rotatable bonds is 3. The molecule has 2 fully saturated rings. The molecule has 0 radical (unpaired) electrons. The van der Waals surface area contributed by atoms with E-state index in [0.717, 1.165) is 30.7 Å². The summed E-state index contributed by atoms with van der Waals surface area (Å²) in [6.07, 6.45) is 1.32. The van der Waals surface area contributed by atoms with Crippen molar-refractivity contribution in [2.45, 2.75) is 13.3 Å². The van der Waals surface area contributed by atoms with Crippen LogP contribution in [0.5, 0.6) is 5.75 Å². The van der Waals surface area contributed by atoms with Crippen LogP contribution in [-0.4, -0.2) is 30.5 Å². The molecule has 90 valence electrons. The average Bonchev–Trinajstić information content (AvgIpc) is 2.95. The number of nitrogens with zero attached hydrogens (tertiary/aromatic N) is 1. The van der Waals surface area contributed by atoms with Crippen molar-refractivity contribution in [1.29, 1.82) is 0 Å². The predicted molar refractivity (Wildman–Crippen MR) is 64.9 cm³/mol. The first-order valence-corrected chi connectivity index (χ1v) is 6.19. The zero-order valence-corrected chi connectivity index (χ0v) is 10.1. The minimum Gasteiger partial charge on any atom is -0.484 e. The van der Waals surface area contributed by atoms with Crippen molar-refractivity contribution in [1.82, 2.24) is 4.90 Å². The molecule has 17 heavy (non-hydrogen) atoms. The number of benzene rings is 1. The van der Waals surface area contributed by atoms with Gasteiger partial charge in [0.1, 0.15) is 5.75 Å². The third-order valence-corrected chi connectivity index (χ3v) is 3.71. The van der Waals surface area contributed by atoms with Crippen molar-refractivity contribution in [3.8, 4) is 5.75 Å². The number of carbonyl (C=O) groups excluding carboxylic acids is 1. The van der Waals surface area contributed by atoms with E-state index in [1.54, 1.807) is 0 Å². The van der Waals surface area contributed by atoms with Crippen LogP contribution in [0.15, 0.2) is 24.3 Å². The van der Waals surface area contributed by atoms with E-state index in [1.165, 1.54) is 12.0 Å². The second-order valence-electron chi connectivity index (χ2n) is 5.16. The Kier molecular flexibility index (Phi) is 2.54. The zero-order valence-electron chi connectivity index (χ0n) is 10.1. The molecule has 0 N–H and O–H groups in total. The number of likely N-dealkylation sites (tertiary alicyclic amines) is 1. The van der Waals surface area contributed by atoms with Gasteiger partial charge in [-0.1, -0.05) is 17.7 Å². The van der Waals surface area contributed by atoms with E-state index in [2.05, 4.69) is 0 Å². The minimum atomic E-state index is 0.123. The van der Waals surface area contributed by atoms with E-state index < -0.39 is 0 Å². The number of piperidine rings is 1. The van der Waals surface area contributed by atoms with Gasteiger partial charge < -0.3 is 9.64 Å². The highest BCUT2D eigenvalue weighted by Crippen LogP contribution is 2.44. The molecule has 1 aliphatic heterocycles. The van der Waals surface area contributed by atoms with Gasteiger partial charge in [0, 0.05) is 13.1 Å². The summed E-state index contributed by atoms with van der Waals surface area (Å²) < 4.78 is 5.49. The van der Waals surface area contributed by atoms with E-state index in [1.807, 2.05) is 36.1 Å². The van der Waals surface area contributed by atoms with Crippen molar-refractivity contribution < 1.29 is 9.53 Å². The van der Waals surface area contributed by atoms with Crippen LogP contribution in [0.2, 0.25) is 0 Å². The van der Waals surface area contributed by atoms with Gasteiger partial charge in [0.25, 0.3) is 5.91 Å². The molecule has 1 aliphatic carbocycles. The third-order valence-electron chi connectivity index (χ3n) is 3.71. The fourth-order valence-electron chi connectivity index (χ4n) is 2.47. The molecular weight excluding hydrogens is 214 g/mol. The minimum absolute atomic E-state index is 0.123. The highest BCUT2D eigenvalue weighted by molar-refractivity contribution is 5.78. The molecule has 3 heteroatoms. The zero-order chi connectivity index (χ0) is 11.8. The monoisotopic (exact) mass is 231 g/mol. The smallest absolute Gasteiger partial charge is 0.260 e. The standard InChI is InChI=1S/C14H17NO2/c1-10-2-4-13(5-3-10)17-9-14(16)15-7-11-6-12(11)8-15/h2-5,11-12H,6-9H2,1H3. The molecule has 3 rings (SSSR count). The Labute approximate surface area is 101 Å². The number of hydrogen-bond donors (Lipinski definition) is 0. The Morgan fingerprint density at radius 2 is 1.94 bits per heavy atom. The van der Waals surface area contributed by atoms with Crippen LogP contribution in [0.1, 0.15) is 12.0 Å². The third kappa shape index (κ3) is 2.28. The van der Waals surface area contributed by atoms with Crippen LogP contribution in [0.25, 0.3) is 0 Å². The lowest BCUT2D eigenvalue weighted by Crippen LogP contribution is -2.34. The number of aryl methyl sites for hydroxylation is 1. The fourth-order valence-corrected chi connectivity index (χ4v) is 2.47. The summed E-state index contributed by atoms with van der Waals surface area (Å²) in [5.41, 5.74) is 1.20. The van der Waals surface area contributed by atoms with Gasteiger partial charge in [0.15, 0.2) is 6.61 Å². The van der Waals surface area contributed by atoms with E-state index in [4.69, 9.17) is 4.74 Å². The number of amides is 1. The van der Waals surface area contributed by atoms with Gasteiger partial charge in [-0.25, -0.2) is 0 Å². The van der Waals surface area contributed by atoms with Crippen LogP contribution in [0.4, 0.5) is 0 Å². The first-order chi connectivity index (χ1) is 8.22.